The number of benzene rings is 2. The SMILES string of the molecule is COc1cccc(CCNCCC(=O)N2CCN(c3ccccc3F)CC2)c1. The number of ether oxygens (including phenoxy) is 1. The van der Waals surface area contributed by atoms with Crippen LogP contribution in [-0.4, -0.2) is 57.2 Å². The Balaban J connectivity index is 1.34. The van der Waals surface area contributed by atoms with Gasteiger partial charge in [-0.3, -0.25) is 4.79 Å². The molecule has 1 aliphatic rings. The number of rotatable bonds is 8. The van der Waals surface area contributed by atoms with E-state index in [-0.39, 0.29) is 11.7 Å². The Kier molecular flexibility index (Phi) is 7.25. The first-order valence-electron chi connectivity index (χ1n) is 9.78. The van der Waals surface area contributed by atoms with Crippen molar-refractivity contribution in [1.29, 1.82) is 0 Å². The van der Waals surface area contributed by atoms with Crippen LogP contribution in [0.15, 0.2) is 48.5 Å². The van der Waals surface area contributed by atoms with Crippen LogP contribution in [0.5, 0.6) is 5.75 Å². The maximum atomic E-state index is 13.9. The van der Waals surface area contributed by atoms with Gasteiger partial charge in [0, 0.05) is 39.1 Å². The van der Waals surface area contributed by atoms with Crippen molar-refractivity contribution in [2.75, 3.05) is 51.3 Å². The number of nitrogens with one attached hydrogen (secondary N) is 1. The predicted octanol–water partition coefficient (Wildman–Crippen LogP) is 2.71. The minimum Gasteiger partial charge on any atom is -0.497 e. The third-order valence-electron chi connectivity index (χ3n) is 5.07. The molecular formula is C22H28FN3O2. The molecule has 0 atom stereocenters. The van der Waals surface area contributed by atoms with Gasteiger partial charge >= 0.3 is 0 Å². The number of piperazine rings is 1. The van der Waals surface area contributed by atoms with Crippen molar-refractivity contribution in [3.05, 3.63) is 59.9 Å². The zero-order valence-corrected chi connectivity index (χ0v) is 16.4. The Morgan fingerprint density at radius 1 is 1.07 bits per heavy atom. The summed E-state index contributed by atoms with van der Waals surface area (Å²) in [6.07, 6.45) is 1.38. The van der Waals surface area contributed by atoms with Crippen molar-refractivity contribution in [2.24, 2.45) is 0 Å². The van der Waals surface area contributed by atoms with Crippen molar-refractivity contribution < 1.29 is 13.9 Å². The number of carbonyl (C=O) groups excluding carboxylic acids is 1. The maximum absolute atomic E-state index is 13.9. The molecule has 0 aliphatic carbocycles. The van der Waals surface area contributed by atoms with Crippen LogP contribution in [0, 0.1) is 5.82 Å². The fraction of sp³-hybridized carbons (Fsp3) is 0.409. The van der Waals surface area contributed by atoms with Gasteiger partial charge in [-0.15, -0.1) is 0 Å². The number of para-hydroxylation sites is 1. The second-order valence-electron chi connectivity index (χ2n) is 6.92. The summed E-state index contributed by atoms with van der Waals surface area (Å²) in [6.45, 7) is 4.08. The zero-order chi connectivity index (χ0) is 19.8. The van der Waals surface area contributed by atoms with Crippen molar-refractivity contribution in [3.8, 4) is 5.75 Å². The molecule has 1 saturated heterocycles. The minimum absolute atomic E-state index is 0.155. The van der Waals surface area contributed by atoms with Gasteiger partial charge in [-0.1, -0.05) is 24.3 Å². The largest absolute Gasteiger partial charge is 0.497 e. The molecule has 0 saturated carbocycles. The van der Waals surface area contributed by atoms with Gasteiger partial charge in [0.1, 0.15) is 11.6 Å². The molecule has 2 aromatic rings. The zero-order valence-electron chi connectivity index (χ0n) is 16.4. The van der Waals surface area contributed by atoms with Gasteiger partial charge in [-0.05, 0) is 42.8 Å². The molecule has 0 aromatic heterocycles. The van der Waals surface area contributed by atoms with E-state index in [1.807, 2.05) is 34.1 Å². The fourth-order valence-electron chi connectivity index (χ4n) is 3.44. The quantitative estimate of drug-likeness (QED) is 0.710. The Morgan fingerprint density at radius 3 is 2.61 bits per heavy atom. The summed E-state index contributed by atoms with van der Waals surface area (Å²) >= 11 is 0. The van der Waals surface area contributed by atoms with Gasteiger partial charge in [-0.2, -0.15) is 0 Å². The summed E-state index contributed by atoms with van der Waals surface area (Å²) < 4.78 is 19.1. The summed E-state index contributed by atoms with van der Waals surface area (Å²) in [4.78, 5) is 16.3. The van der Waals surface area contributed by atoms with Gasteiger partial charge in [0.15, 0.2) is 0 Å². The highest BCUT2D eigenvalue weighted by molar-refractivity contribution is 5.76. The third-order valence-corrected chi connectivity index (χ3v) is 5.07. The Hall–Kier alpha value is -2.60. The molecule has 1 aliphatic heterocycles. The van der Waals surface area contributed by atoms with E-state index in [2.05, 4.69) is 11.4 Å². The smallest absolute Gasteiger partial charge is 0.223 e. The average molecular weight is 385 g/mol. The third kappa shape index (κ3) is 5.45. The lowest BCUT2D eigenvalue weighted by molar-refractivity contribution is -0.131. The number of hydrogen-bond donors (Lipinski definition) is 1. The first kappa shape index (κ1) is 20.1. The van der Waals surface area contributed by atoms with E-state index in [0.29, 0.717) is 44.8 Å². The van der Waals surface area contributed by atoms with Gasteiger partial charge in [-0.25, -0.2) is 4.39 Å². The van der Waals surface area contributed by atoms with Crippen LogP contribution in [0.4, 0.5) is 10.1 Å². The highest BCUT2D eigenvalue weighted by atomic mass is 19.1. The van der Waals surface area contributed by atoms with Crippen LogP contribution in [0.3, 0.4) is 0 Å². The molecule has 1 N–H and O–H groups in total. The monoisotopic (exact) mass is 385 g/mol. The molecule has 28 heavy (non-hydrogen) atoms. The average Bonchev–Trinajstić information content (AvgIpc) is 2.74. The molecule has 3 rings (SSSR count). The number of anilines is 1. The van der Waals surface area contributed by atoms with Crippen molar-refractivity contribution >= 4 is 11.6 Å². The lowest BCUT2D eigenvalue weighted by atomic mass is 10.1. The number of hydrogen-bond acceptors (Lipinski definition) is 4. The second-order valence-corrected chi connectivity index (χ2v) is 6.92. The lowest BCUT2D eigenvalue weighted by Crippen LogP contribution is -2.49. The number of carbonyl (C=O) groups is 1. The van der Waals surface area contributed by atoms with E-state index in [4.69, 9.17) is 4.74 Å². The Morgan fingerprint density at radius 2 is 1.86 bits per heavy atom. The first-order chi connectivity index (χ1) is 13.7. The first-order valence-corrected chi connectivity index (χ1v) is 9.78. The van der Waals surface area contributed by atoms with E-state index in [9.17, 15) is 9.18 Å². The molecule has 1 fully saturated rings. The summed E-state index contributed by atoms with van der Waals surface area (Å²) in [5, 5.41) is 3.34. The van der Waals surface area contributed by atoms with E-state index in [0.717, 1.165) is 18.7 Å². The van der Waals surface area contributed by atoms with E-state index in [1.165, 1.54) is 11.6 Å². The molecule has 0 unspecified atom stereocenters. The molecule has 0 radical (unpaired) electrons. The van der Waals surface area contributed by atoms with Crippen molar-refractivity contribution in [1.82, 2.24) is 10.2 Å². The maximum Gasteiger partial charge on any atom is 0.223 e. The number of amides is 1. The van der Waals surface area contributed by atoms with Gasteiger partial charge in [0.05, 0.1) is 12.8 Å². The molecule has 1 heterocycles. The molecule has 2 aromatic carbocycles. The minimum atomic E-state index is -0.206. The highest BCUT2D eigenvalue weighted by Crippen LogP contribution is 2.20. The lowest BCUT2D eigenvalue weighted by Gasteiger charge is -2.36. The van der Waals surface area contributed by atoms with E-state index in [1.54, 1.807) is 19.2 Å². The molecule has 6 heteroatoms. The molecular weight excluding hydrogens is 357 g/mol. The van der Waals surface area contributed by atoms with Crippen LogP contribution in [-0.2, 0) is 11.2 Å². The number of methoxy groups -OCH3 is 1. The summed E-state index contributed by atoms with van der Waals surface area (Å²) in [7, 11) is 1.67. The molecule has 0 bridgehead atoms. The summed E-state index contributed by atoms with van der Waals surface area (Å²) in [6, 6.07) is 14.8. The van der Waals surface area contributed by atoms with Crippen LogP contribution >= 0.6 is 0 Å². The van der Waals surface area contributed by atoms with Gasteiger partial charge < -0.3 is 19.9 Å². The van der Waals surface area contributed by atoms with E-state index < -0.39 is 0 Å². The van der Waals surface area contributed by atoms with Crippen molar-refractivity contribution in [2.45, 2.75) is 12.8 Å². The van der Waals surface area contributed by atoms with Gasteiger partial charge in [0.25, 0.3) is 0 Å². The Labute approximate surface area is 166 Å². The normalized spacial score (nSPS) is 14.2. The van der Waals surface area contributed by atoms with Crippen LogP contribution in [0.25, 0.3) is 0 Å². The van der Waals surface area contributed by atoms with Crippen LogP contribution in [0.1, 0.15) is 12.0 Å². The highest BCUT2D eigenvalue weighted by Gasteiger charge is 2.22. The topological polar surface area (TPSA) is 44.8 Å². The van der Waals surface area contributed by atoms with Crippen LogP contribution < -0.4 is 15.0 Å². The van der Waals surface area contributed by atoms with Crippen molar-refractivity contribution in [3.63, 3.8) is 0 Å². The molecule has 0 spiro atoms. The predicted molar refractivity (Wildman–Crippen MR) is 109 cm³/mol. The van der Waals surface area contributed by atoms with Gasteiger partial charge in [0.2, 0.25) is 5.91 Å². The second kappa shape index (κ2) is 10.1. The van der Waals surface area contributed by atoms with E-state index >= 15 is 0 Å². The standard InChI is InChI=1S/C22H28FN3O2/c1-28-19-6-4-5-18(17-19)9-11-24-12-10-22(27)26-15-13-25(14-16-26)21-8-3-2-7-20(21)23/h2-8,17,24H,9-16H2,1H3. The fourth-order valence-corrected chi connectivity index (χ4v) is 3.44. The number of nitrogens with zero attached hydrogens (tertiary/aromatic N) is 2. The summed E-state index contributed by atoms with van der Waals surface area (Å²) in [5.41, 5.74) is 1.83. The molecule has 1 amide bonds. The molecule has 150 valence electrons. The summed E-state index contributed by atoms with van der Waals surface area (Å²) in [5.74, 6) is 0.812. The number of halogens is 1. The molecule has 5 nitrogen and oxygen atoms in total. The Bertz CT molecular complexity index is 776. The van der Waals surface area contributed by atoms with Crippen LogP contribution in [0.2, 0.25) is 0 Å².